The molecule has 1 aromatic carbocycles. The molecule has 1 rings (SSSR count). The van der Waals surface area contributed by atoms with Crippen LogP contribution in [0.15, 0.2) is 12.1 Å². The summed E-state index contributed by atoms with van der Waals surface area (Å²) in [6, 6.07) is 2.37. The number of ketones is 1. The van der Waals surface area contributed by atoms with Crippen molar-refractivity contribution < 1.29 is 19.4 Å². The van der Waals surface area contributed by atoms with E-state index in [9.17, 15) is 14.7 Å². The molecule has 0 atom stereocenters. The van der Waals surface area contributed by atoms with Gasteiger partial charge in [0.05, 0.1) is 12.1 Å². The third-order valence-electron chi connectivity index (χ3n) is 1.64. The van der Waals surface area contributed by atoms with Crippen LogP contribution in [0.3, 0.4) is 0 Å². The molecule has 0 saturated carbocycles. The Kier molecular flexibility index (Phi) is 3.09. The average molecular weight is 215 g/mol. The van der Waals surface area contributed by atoms with E-state index in [1.165, 1.54) is 13.2 Å². The number of phenolic OH excluding ortho intramolecular Hbond substituents is 1. The number of carbonyl (C=O) groups excluding carboxylic acids is 2. The number of phenols is 1. The molecule has 0 radical (unpaired) electrons. The van der Waals surface area contributed by atoms with E-state index in [1.54, 1.807) is 0 Å². The van der Waals surface area contributed by atoms with Gasteiger partial charge in [0.1, 0.15) is 0 Å². The minimum Gasteiger partial charge on any atom is -0.504 e. The Bertz CT molecular complexity index is 387. The summed E-state index contributed by atoms with van der Waals surface area (Å²) in [5, 5.41) is 9.28. The lowest BCUT2D eigenvalue weighted by atomic mass is 10.1. The first-order chi connectivity index (χ1) is 6.60. The van der Waals surface area contributed by atoms with Gasteiger partial charge in [0.15, 0.2) is 17.8 Å². The first-order valence-electron chi connectivity index (χ1n) is 3.66. The van der Waals surface area contributed by atoms with Crippen LogP contribution in [0.2, 0.25) is 5.02 Å². The molecule has 0 amide bonds. The monoisotopic (exact) mass is 214 g/mol. The standard InChI is InChI=1S/C9H7ClO4/c1-14-9-2-5(8(13)4-11)6(10)3-7(9)12/h2-4,12H,1H3. The topological polar surface area (TPSA) is 63.6 Å². The Morgan fingerprint density at radius 2 is 2.21 bits per heavy atom. The molecule has 0 bridgehead atoms. The summed E-state index contributed by atoms with van der Waals surface area (Å²) in [6.07, 6.45) is 0.150. The van der Waals surface area contributed by atoms with Crippen LogP contribution >= 0.6 is 11.6 Å². The van der Waals surface area contributed by atoms with Crippen LogP contribution in [0.1, 0.15) is 10.4 Å². The molecule has 0 spiro atoms. The van der Waals surface area contributed by atoms with Crippen molar-refractivity contribution in [2.75, 3.05) is 7.11 Å². The molecule has 14 heavy (non-hydrogen) atoms. The number of halogens is 1. The Hall–Kier alpha value is -1.55. The van der Waals surface area contributed by atoms with E-state index in [2.05, 4.69) is 0 Å². The first-order valence-corrected chi connectivity index (χ1v) is 4.04. The summed E-state index contributed by atoms with van der Waals surface area (Å²) in [5.74, 6) is -0.840. The predicted molar refractivity (Wildman–Crippen MR) is 50.1 cm³/mol. The zero-order valence-corrected chi connectivity index (χ0v) is 8.04. The van der Waals surface area contributed by atoms with Crippen LogP contribution in [0.25, 0.3) is 0 Å². The van der Waals surface area contributed by atoms with Crippen molar-refractivity contribution in [1.29, 1.82) is 0 Å². The maximum Gasteiger partial charge on any atom is 0.227 e. The van der Waals surface area contributed by atoms with Crippen molar-refractivity contribution in [3.05, 3.63) is 22.7 Å². The molecule has 0 unspecified atom stereocenters. The summed E-state index contributed by atoms with van der Waals surface area (Å²) in [7, 11) is 1.33. The average Bonchev–Trinajstić information content (AvgIpc) is 2.17. The quantitative estimate of drug-likeness (QED) is 0.470. The van der Waals surface area contributed by atoms with E-state index in [0.29, 0.717) is 0 Å². The number of benzene rings is 1. The molecule has 0 aromatic heterocycles. The highest BCUT2D eigenvalue weighted by atomic mass is 35.5. The van der Waals surface area contributed by atoms with Crippen LogP contribution in [-0.2, 0) is 4.79 Å². The van der Waals surface area contributed by atoms with Crippen LogP contribution in [0, 0.1) is 0 Å². The maximum atomic E-state index is 11.0. The third-order valence-corrected chi connectivity index (χ3v) is 1.95. The van der Waals surface area contributed by atoms with E-state index < -0.39 is 5.78 Å². The molecule has 74 valence electrons. The molecule has 0 aliphatic rings. The molecule has 1 N–H and O–H groups in total. The number of hydrogen-bond acceptors (Lipinski definition) is 4. The summed E-state index contributed by atoms with van der Waals surface area (Å²) in [5.41, 5.74) is 0.0105. The smallest absolute Gasteiger partial charge is 0.227 e. The number of hydrogen-bond donors (Lipinski definition) is 1. The van der Waals surface area contributed by atoms with Crippen molar-refractivity contribution >= 4 is 23.7 Å². The first kappa shape index (κ1) is 10.5. The van der Waals surface area contributed by atoms with E-state index in [4.69, 9.17) is 16.3 Å². The number of aldehydes is 1. The molecule has 0 aliphatic heterocycles. The van der Waals surface area contributed by atoms with Gasteiger partial charge in [-0.2, -0.15) is 0 Å². The van der Waals surface area contributed by atoms with Gasteiger partial charge in [0, 0.05) is 11.6 Å². The van der Waals surface area contributed by atoms with Crippen molar-refractivity contribution in [2.45, 2.75) is 0 Å². The maximum absolute atomic E-state index is 11.0. The molecular weight excluding hydrogens is 208 g/mol. The van der Waals surface area contributed by atoms with Crippen molar-refractivity contribution in [1.82, 2.24) is 0 Å². The van der Waals surface area contributed by atoms with Crippen LogP contribution in [0.4, 0.5) is 0 Å². The fraction of sp³-hybridized carbons (Fsp3) is 0.111. The number of methoxy groups -OCH3 is 1. The Morgan fingerprint density at radius 3 is 2.71 bits per heavy atom. The van der Waals surface area contributed by atoms with Crippen molar-refractivity contribution in [3.63, 3.8) is 0 Å². The Morgan fingerprint density at radius 1 is 1.57 bits per heavy atom. The largest absolute Gasteiger partial charge is 0.504 e. The van der Waals surface area contributed by atoms with Gasteiger partial charge in [-0.15, -0.1) is 0 Å². The van der Waals surface area contributed by atoms with Crippen LogP contribution < -0.4 is 4.74 Å². The van der Waals surface area contributed by atoms with E-state index in [1.807, 2.05) is 0 Å². The second kappa shape index (κ2) is 4.11. The van der Waals surface area contributed by atoms with Gasteiger partial charge >= 0.3 is 0 Å². The minimum atomic E-state index is -0.756. The molecule has 0 heterocycles. The van der Waals surface area contributed by atoms with Gasteiger partial charge in [-0.05, 0) is 6.07 Å². The number of ether oxygens (including phenoxy) is 1. The summed E-state index contributed by atoms with van der Waals surface area (Å²) >= 11 is 5.64. The number of rotatable bonds is 3. The van der Waals surface area contributed by atoms with Crippen molar-refractivity contribution in [3.8, 4) is 11.5 Å². The zero-order chi connectivity index (χ0) is 10.7. The van der Waals surface area contributed by atoms with Crippen LogP contribution in [0.5, 0.6) is 11.5 Å². The highest BCUT2D eigenvalue weighted by Gasteiger charge is 2.13. The van der Waals surface area contributed by atoms with Gasteiger partial charge in [0.2, 0.25) is 5.78 Å². The van der Waals surface area contributed by atoms with Gasteiger partial charge in [0.25, 0.3) is 0 Å². The molecule has 1 aromatic rings. The third kappa shape index (κ3) is 1.85. The second-order valence-corrected chi connectivity index (χ2v) is 2.89. The van der Waals surface area contributed by atoms with E-state index in [-0.39, 0.29) is 28.4 Å². The summed E-state index contributed by atoms with van der Waals surface area (Å²) in [6.45, 7) is 0. The van der Waals surface area contributed by atoms with Gasteiger partial charge in [-0.3, -0.25) is 9.59 Å². The van der Waals surface area contributed by atoms with E-state index in [0.717, 1.165) is 6.07 Å². The van der Waals surface area contributed by atoms with E-state index >= 15 is 0 Å². The molecule has 5 heteroatoms. The number of Topliss-reactive ketones (excluding diaryl/α,β-unsaturated/α-hetero) is 1. The fourth-order valence-corrected chi connectivity index (χ4v) is 1.21. The summed E-state index contributed by atoms with van der Waals surface area (Å²) < 4.78 is 4.76. The predicted octanol–water partition coefficient (Wildman–Crippen LogP) is 1.44. The molecule has 0 saturated heterocycles. The molecule has 4 nitrogen and oxygen atoms in total. The normalized spacial score (nSPS) is 9.57. The van der Waals surface area contributed by atoms with Crippen LogP contribution in [-0.4, -0.2) is 24.3 Å². The fourth-order valence-electron chi connectivity index (χ4n) is 0.959. The Labute approximate surface area is 85.1 Å². The van der Waals surface area contributed by atoms with Gasteiger partial charge in [-0.1, -0.05) is 11.6 Å². The molecule has 0 fully saturated rings. The number of carbonyl (C=O) groups is 2. The zero-order valence-electron chi connectivity index (χ0n) is 7.28. The minimum absolute atomic E-state index is 0.0105. The van der Waals surface area contributed by atoms with Gasteiger partial charge in [-0.25, -0.2) is 0 Å². The second-order valence-electron chi connectivity index (χ2n) is 2.49. The highest BCUT2D eigenvalue weighted by Crippen LogP contribution is 2.31. The lowest BCUT2D eigenvalue weighted by molar-refractivity contribution is -0.104. The summed E-state index contributed by atoms with van der Waals surface area (Å²) in [4.78, 5) is 21.3. The highest BCUT2D eigenvalue weighted by molar-refractivity contribution is 6.41. The number of aromatic hydroxyl groups is 1. The SMILES string of the molecule is COc1cc(C(=O)C=O)c(Cl)cc1O. The molecular formula is C9H7ClO4. The molecule has 0 aliphatic carbocycles. The van der Waals surface area contributed by atoms with Crippen molar-refractivity contribution in [2.24, 2.45) is 0 Å². The van der Waals surface area contributed by atoms with Gasteiger partial charge < -0.3 is 9.84 Å². The lowest BCUT2D eigenvalue weighted by Gasteiger charge is -2.05. The lowest BCUT2D eigenvalue weighted by Crippen LogP contribution is -2.01. The Balaban J connectivity index is 3.30.